The zero-order chi connectivity index (χ0) is 19.4. The number of rotatable bonds is 6. The van der Waals surface area contributed by atoms with E-state index < -0.39 is 10.0 Å². The van der Waals surface area contributed by atoms with Crippen LogP contribution in [-0.4, -0.2) is 42.2 Å². The van der Waals surface area contributed by atoms with Gasteiger partial charge in [0.25, 0.3) is 0 Å². The molecule has 2 heterocycles. The van der Waals surface area contributed by atoms with E-state index in [1.807, 2.05) is 31.2 Å². The number of H-pyrrole nitrogens is 1. The Balaban J connectivity index is 1.77. The Bertz CT molecular complexity index is 1060. The monoisotopic (exact) mass is 388 g/mol. The molecule has 2 aromatic heterocycles. The van der Waals surface area contributed by atoms with E-state index in [0.29, 0.717) is 18.2 Å². The molecular weight excluding hydrogens is 368 g/mol. The number of pyridine rings is 1. The maximum atomic E-state index is 11.6. The summed E-state index contributed by atoms with van der Waals surface area (Å²) in [4.78, 5) is 23.3. The van der Waals surface area contributed by atoms with E-state index in [4.69, 9.17) is 0 Å². The Kier molecular flexibility index (Phi) is 5.38. The molecule has 3 rings (SSSR count). The Labute approximate surface area is 156 Å². The number of nitrogens with one attached hydrogen (secondary N) is 4. The Morgan fingerprint density at radius 1 is 1.19 bits per heavy atom. The average Bonchev–Trinajstić information content (AvgIpc) is 3.01. The zero-order valence-electron chi connectivity index (χ0n) is 14.9. The lowest BCUT2D eigenvalue weighted by atomic mass is 10.1. The molecule has 27 heavy (non-hydrogen) atoms. The standard InChI is InChI=1S/C17H20N6O3S/c1-3-18-17(24)23-16-21-14-7-5-11(8-15(14)22-16)12-4-6-13(19-9-12)10-20-27(2,25)26/h4-9,20H,3,10H2,1-2H3,(H3,18,21,22,23,24). The Morgan fingerprint density at radius 2 is 1.96 bits per heavy atom. The summed E-state index contributed by atoms with van der Waals surface area (Å²) < 4.78 is 24.7. The van der Waals surface area contributed by atoms with Crippen LogP contribution in [0.5, 0.6) is 0 Å². The molecule has 0 atom stereocenters. The van der Waals surface area contributed by atoms with E-state index in [2.05, 4.69) is 30.3 Å². The van der Waals surface area contributed by atoms with Gasteiger partial charge in [-0.25, -0.2) is 22.9 Å². The summed E-state index contributed by atoms with van der Waals surface area (Å²) >= 11 is 0. The Hall–Kier alpha value is -2.98. The van der Waals surface area contributed by atoms with Crippen molar-refractivity contribution in [2.24, 2.45) is 0 Å². The predicted molar refractivity (Wildman–Crippen MR) is 104 cm³/mol. The molecule has 0 spiro atoms. The van der Waals surface area contributed by atoms with Gasteiger partial charge in [-0.15, -0.1) is 0 Å². The predicted octanol–water partition coefficient (Wildman–Crippen LogP) is 1.82. The fourth-order valence-electron chi connectivity index (χ4n) is 2.47. The van der Waals surface area contributed by atoms with Crippen molar-refractivity contribution in [2.75, 3.05) is 18.1 Å². The van der Waals surface area contributed by atoms with Crippen molar-refractivity contribution in [3.8, 4) is 11.1 Å². The number of urea groups is 1. The lowest BCUT2D eigenvalue weighted by molar-refractivity contribution is 0.252. The molecule has 4 N–H and O–H groups in total. The van der Waals surface area contributed by atoms with Gasteiger partial charge in [-0.05, 0) is 30.7 Å². The van der Waals surface area contributed by atoms with Gasteiger partial charge >= 0.3 is 6.03 Å². The number of nitrogens with zero attached hydrogens (tertiary/aromatic N) is 2. The number of carbonyl (C=O) groups is 1. The number of imidazole rings is 1. The summed E-state index contributed by atoms with van der Waals surface area (Å²) in [6.45, 7) is 2.51. The van der Waals surface area contributed by atoms with Crippen LogP contribution in [0.4, 0.5) is 10.7 Å². The first-order valence-corrected chi connectivity index (χ1v) is 10.2. The number of carbonyl (C=O) groups excluding carboxylic acids is 1. The van der Waals surface area contributed by atoms with E-state index in [1.165, 1.54) is 0 Å². The molecule has 142 valence electrons. The second kappa shape index (κ2) is 7.72. The highest BCUT2D eigenvalue weighted by molar-refractivity contribution is 7.88. The molecular formula is C17H20N6O3S. The van der Waals surface area contributed by atoms with Crippen LogP contribution in [0.25, 0.3) is 22.2 Å². The van der Waals surface area contributed by atoms with E-state index >= 15 is 0 Å². The molecule has 1 aromatic carbocycles. The van der Waals surface area contributed by atoms with Crippen LogP contribution in [0, 0.1) is 0 Å². The summed E-state index contributed by atoms with van der Waals surface area (Å²) in [5.41, 5.74) is 3.94. The van der Waals surface area contributed by atoms with Crippen molar-refractivity contribution in [1.82, 2.24) is 25.0 Å². The lowest BCUT2D eigenvalue weighted by Crippen LogP contribution is -2.28. The third-order valence-corrected chi connectivity index (χ3v) is 4.39. The third kappa shape index (κ3) is 5.02. The molecule has 9 nitrogen and oxygen atoms in total. The summed E-state index contributed by atoms with van der Waals surface area (Å²) in [6, 6.07) is 8.99. The Morgan fingerprint density at radius 3 is 2.63 bits per heavy atom. The van der Waals surface area contributed by atoms with Crippen molar-refractivity contribution in [3.05, 3.63) is 42.2 Å². The first-order valence-electron chi connectivity index (χ1n) is 8.28. The zero-order valence-corrected chi connectivity index (χ0v) is 15.7. The van der Waals surface area contributed by atoms with Gasteiger partial charge in [-0.1, -0.05) is 12.1 Å². The molecule has 0 bridgehead atoms. The topological polar surface area (TPSA) is 129 Å². The molecule has 2 amide bonds. The van der Waals surface area contributed by atoms with Gasteiger partial charge in [0.15, 0.2) is 0 Å². The van der Waals surface area contributed by atoms with Gasteiger partial charge < -0.3 is 10.3 Å². The highest BCUT2D eigenvalue weighted by Gasteiger charge is 2.08. The van der Waals surface area contributed by atoms with Crippen molar-refractivity contribution < 1.29 is 13.2 Å². The minimum atomic E-state index is -3.25. The lowest BCUT2D eigenvalue weighted by Gasteiger charge is -2.04. The normalized spacial score (nSPS) is 11.5. The van der Waals surface area contributed by atoms with E-state index in [0.717, 1.165) is 28.4 Å². The summed E-state index contributed by atoms with van der Waals surface area (Å²) in [5, 5.41) is 5.28. The second-order valence-corrected chi connectivity index (χ2v) is 7.77. The summed E-state index contributed by atoms with van der Waals surface area (Å²) in [6.07, 6.45) is 2.79. The highest BCUT2D eigenvalue weighted by Crippen LogP contribution is 2.24. The van der Waals surface area contributed by atoms with Gasteiger partial charge in [0.2, 0.25) is 16.0 Å². The molecule has 3 aromatic rings. The largest absolute Gasteiger partial charge is 0.338 e. The molecule has 0 aliphatic rings. The average molecular weight is 388 g/mol. The molecule has 10 heteroatoms. The minimum absolute atomic E-state index is 0.146. The number of benzene rings is 1. The van der Waals surface area contributed by atoms with Crippen LogP contribution in [0.15, 0.2) is 36.5 Å². The van der Waals surface area contributed by atoms with Crippen LogP contribution >= 0.6 is 0 Å². The van der Waals surface area contributed by atoms with Crippen molar-refractivity contribution in [3.63, 3.8) is 0 Å². The number of hydrogen-bond acceptors (Lipinski definition) is 5. The van der Waals surface area contributed by atoms with Crippen molar-refractivity contribution >= 4 is 33.0 Å². The number of aromatic nitrogens is 3. The highest BCUT2D eigenvalue weighted by atomic mass is 32.2. The van der Waals surface area contributed by atoms with Crippen LogP contribution < -0.4 is 15.4 Å². The van der Waals surface area contributed by atoms with Crippen molar-refractivity contribution in [2.45, 2.75) is 13.5 Å². The molecule has 0 aliphatic carbocycles. The van der Waals surface area contributed by atoms with E-state index in [1.54, 1.807) is 12.3 Å². The second-order valence-electron chi connectivity index (χ2n) is 5.93. The van der Waals surface area contributed by atoms with E-state index in [-0.39, 0.29) is 12.6 Å². The van der Waals surface area contributed by atoms with Crippen LogP contribution in [0.1, 0.15) is 12.6 Å². The van der Waals surface area contributed by atoms with Gasteiger partial charge in [-0.3, -0.25) is 10.3 Å². The maximum Gasteiger partial charge on any atom is 0.321 e. The first-order chi connectivity index (χ1) is 12.8. The SMILES string of the molecule is CCNC(=O)Nc1nc2ccc(-c3ccc(CNS(C)(=O)=O)nc3)cc2[nH]1. The smallest absolute Gasteiger partial charge is 0.321 e. The van der Waals surface area contributed by atoms with E-state index in [9.17, 15) is 13.2 Å². The molecule has 0 saturated carbocycles. The number of fused-ring (bicyclic) bond motifs is 1. The van der Waals surface area contributed by atoms with Gasteiger partial charge in [0, 0.05) is 18.3 Å². The van der Waals surface area contributed by atoms with Crippen molar-refractivity contribution in [1.29, 1.82) is 0 Å². The van der Waals surface area contributed by atoms with Crippen LogP contribution in [0.2, 0.25) is 0 Å². The van der Waals surface area contributed by atoms with Gasteiger partial charge in [0.1, 0.15) is 0 Å². The molecule has 0 unspecified atom stereocenters. The van der Waals surface area contributed by atoms with Crippen LogP contribution in [-0.2, 0) is 16.6 Å². The van der Waals surface area contributed by atoms with Gasteiger partial charge in [-0.2, -0.15) is 0 Å². The van der Waals surface area contributed by atoms with Gasteiger partial charge in [0.05, 0.1) is 29.5 Å². The number of aromatic amines is 1. The molecule has 0 saturated heterocycles. The number of sulfonamides is 1. The maximum absolute atomic E-state index is 11.6. The summed E-state index contributed by atoms with van der Waals surface area (Å²) in [5.74, 6) is 0.369. The number of amides is 2. The molecule has 0 fully saturated rings. The fourth-order valence-corrected chi connectivity index (χ4v) is 2.88. The first kappa shape index (κ1) is 18.8. The third-order valence-electron chi connectivity index (χ3n) is 3.72. The summed E-state index contributed by atoms with van der Waals surface area (Å²) in [7, 11) is -3.25. The minimum Gasteiger partial charge on any atom is -0.338 e. The van der Waals surface area contributed by atoms with Crippen LogP contribution in [0.3, 0.4) is 0 Å². The number of hydrogen-bond donors (Lipinski definition) is 4. The molecule has 0 aliphatic heterocycles. The fraction of sp³-hybridized carbons (Fsp3) is 0.235. The quantitative estimate of drug-likeness (QED) is 0.512. The molecule has 0 radical (unpaired) electrons. The number of anilines is 1.